The lowest BCUT2D eigenvalue weighted by Gasteiger charge is -2.33. The zero-order chi connectivity index (χ0) is 15.4. The molecular weight excluding hydrogens is 281 g/mol. The molecule has 6 heteroatoms. The molecule has 1 heterocycles. The predicted octanol–water partition coefficient (Wildman–Crippen LogP) is 2.71. The fourth-order valence-corrected chi connectivity index (χ4v) is 2.54. The smallest absolute Gasteiger partial charge is 0.256 e. The first-order valence-corrected chi connectivity index (χ1v) is 7.20. The van der Waals surface area contributed by atoms with Crippen LogP contribution in [0.5, 0.6) is 0 Å². The molecule has 1 aromatic carbocycles. The van der Waals surface area contributed by atoms with Crippen molar-refractivity contribution in [3.05, 3.63) is 35.1 Å². The van der Waals surface area contributed by atoms with Crippen molar-refractivity contribution >= 4 is 5.91 Å². The maximum absolute atomic E-state index is 13.7. The Kier molecular flexibility index (Phi) is 5.22. The highest BCUT2D eigenvalue weighted by Crippen LogP contribution is 2.19. The molecule has 0 bridgehead atoms. The van der Waals surface area contributed by atoms with E-state index >= 15 is 0 Å². The number of rotatable bonds is 4. The molecule has 3 nitrogen and oxygen atoms in total. The van der Waals surface area contributed by atoms with E-state index in [4.69, 9.17) is 0 Å². The van der Waals surface area contributed by atoms with Crippen LogP contribution in [0.1, 0.15) is 36.5 Å². The van der Waals surface area contributed by atoms with Gasteiger partial charge in [-0.25, -0.2) is 13.2 Å². The minimum atomic E-state index is -1.60. The quantitative estimate of drug-likeness (QED) is 0.867. The van der Waals surface area contributed by atoms with Crippen molar-refractivity contribution in [2.45, 2.75) is 32.2 Å². The summed E-state index contributed by atoms with van der Waals surface area (Å²) in [5.74, 6) is -4.89. The molecule has 1 fully saturated rings. The number of carbonyl (C=O) groups is 1. The van der Waals surface area contributed by atoms with Crippen molar-refractivity contribution < 1.29 is 18.0 Å². The SMILES string of the molecule is CCCNC1CCCN(C(=O)c2ccc(F)c(F)c2F)C1. The third kappa shape index (κ3) is 3.56. The third-order valence-corrected chi connectivity index (χ3v) is 3.66. The summed E-state index contributed by atoms with van der Waals surface area (Å²) < 4.78 is 39.8. The molecule has 0 radical (unpaired) electrons. The largest absolute Gasteiger partial charge is 0.337 e. The van der Waals surface area contributed by atoms with Gasteiger partial charge in [0.2, 0.25) is 0 Å². The van der Waals surface area contributed by atoms with E-state index in [1.165, 1.54) is 4.90 Å². The molecule has 1 aliphatic rings. The van der Waals surface area contributed by atoms with Crippen LogP contribution in [0.15, 0.2) is 12.1 Å². The summed E-state index contributed by atoms with van der Waals surface area (Å²) in [5.41, 5.74) is -0.412. The lowest BCUT2D eigenvalue weighted by atomic mass is 10.0. The van der Waals surface area contributed by atoms with Crippen LogP contribution < -0.4 is 5.32 Å². The van der Waals surface area contributed by atoms with E-state index in [2.05, 4.69) is 12.2 Å². The normalized spacial score (nSPS) is 18.9. The van der Waals surface area contributed by atoms with E-state index in [-0.39, 0.29) is 6.04 Å². The molecule has 1 atom stereocenters. The molecule has 1 N–H and O–H groups in total. The molecule has 0 spiro atoms. The summed E-state index contributed by atoms with van der Waals surface area (Å²) in [4.78, 5) is 13.8. The molecule has 1 saturated heterocycles. The number of piperidine rings is 1. The molecule has 0 saturated carbocycles. The summed E-state index contributed by atoms with van der Waals surface area (Å²) in [5, 5.41) is 3.32. The number of hydrogen-bond donors (Lipinski definition) is 1. The zero-order valence-corrected chi connectivity index (χ0v) is 12.0. The number of amides is 1. The topological polar surface area (TPSA) is 32.3 Å². The highest BCUT2D eigenvalue weighted by atomic mass is 19.2. The second kappa shape index (κ2) is 6.93. The Hall–Kier alpha value is -1.56. The van der Waals surface area contributed by atoms with Gasteiger partial charge in [0.05, 0.1) is 5.56 Å². The maximum Gasteiger partial charge on any atom is 0.256 e. The van der Waals surface area contributed by atoms with E-state index in [1.807, 2.05) is 0 Å². The second-order valence-electron chi connectivity index (χ2n) is 5.27. The standard InChI is InChI=1S/C15H19F3N2O/c1-2-7-19-10-4-3-8-20(9-10)15(21)11-5-6-12(16)14(18)13(11)17/h5-6,10,19H,2-4,7-9H2,1H3. The van der Waals surface area contributed by atoms with Crippen LogP contribution in [0.3, 0.4) is 0 Å². The maximum atomic E-state index is 13.7. The number of carbonyl (C=O) groups excluding carboxylic acids is 1. The van der Waals surface area contributed by atoms with Crippen molar-refractivity contribution in [2.75, 3.05) is 19.6 Å². The van der Waals surface area contributed by atoms with Crippen molar-refractivity contribution in [2.24, 2.45) is 0 Å². The summed E-state index contributed by atoms with van der Waals surface area (Å²) in [6.07, 6.45) is 2.74. The Morgan fingerprint density at radius 3 is 2.81 bits per heavy atom. The van der Waals surface area contributed by atoms with Crippen molar-refractivity contribution in [3.63, 3.8) is 0 Å². The number of hydrogen-bond acceptors (Lipinski definition) is 2. The average molecular weight is 300 g/mol. The van der Waals surface area contributed by atoms with Crippen LogP contribution in [0.4, 0.5) is 13.2 Å². The molecular formula is C15H19F3N2O. The Morgan fingerprint density at radius 2 is 2.10 bits per heavy atom. The van der Waals surface area contributed by atoms with Gasteiger partial charge in [-0.3, -0.25) is 4.79 Å². The van der Waals surface area contributed by atoms with Gasteiger partial charge in [0, 0.05) is 19.1 Å². The molecule has 1 unspecified atom stereocenters. The van der Waals surface area contributed by atoms with Crippen LogP contribution in [-0.2, 0) is 0 Å². The van der Waals surface area contributed by atoms with Gasteiger partial charge in [0.1, 0.15) is 0 Å². The van der Waals surface area contributed by atoms with Crippen LogP contribution in [0.25, 0.3) is 0 Å². The summed E-state index contributed by atoms with van der Waals surface area (Å²) >= 11 is 0. The van der Waals surface area contributed by atoms with Gasteiger partial charge in [-0.05, 0) is 37.9 Å². The highest BCUT2D eigenvalue weighted by molar-refractivity contribution is 5.94. The van der Waals surface area contributed by atoms with Crippen molar-refractivity contribution in [1.82, 2.24) is 10.2 Å². The van der Waals surface area contributed by atoms with Gasteiger partial charge in [-0.15, -0.1) is 0 Å². The molecule has 1 aromatic rings. The fourth-order valence-electron chi connectivity index (χ4n) is 2.54. The van der Waals surface area contributed by atoms with Gasteiger partial charge in [-0.1, -0.05) is 6.92 Å². The van der Waals surface area contributed by atoms with Gasteiger partial charge in [0.25, 0.3) is 5.91 Å². The van der Waals surface area contributed by atoms with Crippen molar-refractivity contribution in [1.29, 1.82) is 0 Å². The minimum Gasteiger partial charge on any atom is -0.337 e. The number of benzene rings is 1. The first-order chi connectivity index (χ1) is 10.0. The van der Waals surface area contributed by atoms with Gasteiger partial charge >= 0.3 is 0 Å². The Morgan fingerprint density at radius 1 is 1.33 bits per heavy atom. The molecule has 116 valence electrons. The summed E-state index contributed by atoms with van der Waals surface area (Å²) in [6, 6.07) is 1.94. The lowest BCUT2D eigenvalue weighted by molar-refractivity contribution is 0.0689. The monoisotopic (exact) mass is 300 g/mol. The Balaban J connectivity index is 2.11. The third-order valence-electron chi connectivity index (χ3n) is 3.66. The molecule has 21 heavy (non-hydrogen) atoms. The van der Waals surface area contributed by atoms with Crippen LogP contribution in [-0.4, -0.2) is 36.5 Å². The number of nitrogens with zero attached hydrogens (tertiary/aromatic N) is 1. The lowest BCUT2D eigenvalue weighted by Crippen LogP contribution is -2.48. The Labute approximate surface area is 122 Å². The van der Waals surface area contributed by atoms with Crippen LogP contribution in [0, 0.1) is 17.5 Å². The fraction of sp³-hybridized carbons (Fsp3) is 0.533. The van der Waals surface area contributed by atoms with E-state index in [9.17, 15) is 18.0 Å². The van der Waals surface area contributed by atoms with E-state index < -0.39 is 28.9 Å². The number of halogens is 3. The minimum absolute atomic E-state index is 0.163. The van der Waals surface area contributed by atoms with Crippen LogP contribution in [0.2, 0.25) is 0 Å². The number of nitrogens with one attached hydrogen (secondary N) is 1. The molecule has 2 rings (SSSR count). The molecule has 1 aliphatic heterocycles. The van der Waals surface area contributed by atoms with Gasteiger partial charge in [-0.2, -0.15) is 0 Å². The van der Waals surface area contributed by atoms with E-state index in [1.54, 1.807) is 0 Å². The molecule has 0 aliphatic carbocycles. The second-order valence-corrected chi connectivity index (χ2v) is 5.27. The average Bonchev–Trinajstić information content (AvgIpc) is 2.50. The van der Waals surface area contributed by atoms with E-state index in [0.29, 0.717) is 13.1 Å². The summed E-state index contributed by atoms with van der Waals surface area (Å²) in [7, 11) is 0. The number of likely N-dealkylation sites (tertiary alicyclic amines) is 1. The zero-order valence-electron chi connectivity index (χ0n) is 12.0. The van der Waals surface area contributed by atoms with Gasteiger partial charge < -0.3 is 10.2 Å². The molecule has 1 amide bonds. The summed E-state index contributed by atoms with van der Waals surface area (Å²) in [6.45, 7) is 3.86. The van der Waals surface area contributed by atoms with Crippen molar-refractivity contribution in [3.8, 4) is 0 Å². The van der Waals surface area contributed by atoms with Gasteiger partial charge in [0.15, 0.2) is 17.5 Å². The predicted molar refractivity (Wildman–Crippen MR) is 73.5 cm³/mol. The first kappa shape index (κ1) is 15.8. The first-order valence-electron chi connectivity index (χ1n) is 7.20. The van der Waals surface area contributed by atoms with E-state index in [0.717, 1.165) is 37.9 Å². The highest BCUT2D eigenvalue weighted by Gasteiger charge is 2.27. The van der Waals surface area contributed by atoms with Crippen LogP contribution >= 0.6 is 0 Å². The Bertz CT molecular complexity index is 522. The molecule has 0 aromatic heterocycles.